The first-order valence-electron chi connectivity index (χ1n) is 7.47. The van der Waals surface area contributed by atoms with Crippen molar-refractivity contribution < 1.29 is 19.3 Å². The number of aliphatic hydroxyl groups is 1. The molecular weight excluding hydrogens is 336 g/mol. The molecule has 0 aliphatic carbocycles. The van der Waals surface area contributed by atoms with E-state index in [9.17, 15) is 5.11 Å². The lowest BCUT2D eigenvalue weighted by atomic mass is 10.1. The SMILES string of the molecule is CC1(C)O[C@@H]2[C@H](O1)[C@@H](CO)O[C@H]2c1cnc2c(NN)nc(S)nn12. The van der Waals surface area contributed by atoms with Gasteiger partial charge < -0.3 is 24.7 Å². The third kappa shape index (κ3) is 2.36. The summed E-state index contributed by atoms with van der Waals surface area (Å²) in [5, 5.41) is 14.1. The first-order valence-corrected chi connectivity index (χ1v) is 7.91. The number of imidazole rings is 1. The van der Waals surface area contributed by atoms with Gasteiger partial charge >= 0.3 is 0 Å². The standard InChI is InChI=1S/C13H18N6O4S/c1-13(2)22-8-6(4-20)21-7(9(8)23-13)5-3-15-11-10(17-14)16-12(24)18-19(5)11/h3,6-9,20H,4,14H2,1-2H3,(H2,16,17,18,24)/t6-,7+,8-,9+/m1/s1. The lowest BCUT2D eigenvalue weighted by Crippen LogP contribution is -2.31. The molecule has 0 amide bonds. The third-order valence-electron chi connectivity index (χ3n) is 4.14. The number of aromatic nitrogens is 4. The lowest BCUT2D eigenvalue weighted by molar-refractivity contribution is -0.191. The Morgan fingerprint density at radius 3 is 2.88 bits per heavy atom. The molecule has 0 aromatic carbocycles. The van der Waals surface area contributed by atoms with Crippen molar-refractivity contribution in [1.82, 2.24) is 19.6 Å². The number of nitrogen functional groups attached to an aromatic ring is 1. The summed E-state index contributed by atoms with van der Waals surface area (Å²) < 4.78 is 19.3. The zero-order chi connectivity index (χ0) is 17.1. The Morgan fingerprint density at radius 2 is 2.17 bits per heavy atom. The fraction of sp³-hybridized carbons (Fsp3) is 0.615. The minimum Gasteiger partial charge on any atom is -0.394 e. The molecular formula is C13H18N6O4S. The first-order chi connectivity index (χ1) is 11.4. The topological polar surface area (TPSA) is 129 Å². The summed E-state index contributed by atoms with van der Waals surface area (Å²) >= 11 is 4.18. The van der Waals surface area contributed by atoms with Gasteiger partial charge in [-0.15, -0.1) is 17.7 Å². The Kier molecular flexibility index (Phi) is 3.67. The normalized spacial score (nSPS) is 31.5. The maximum Gasteiger partial charge on any atom is 0.206 e. The van der Waals surface area contributed by atoms with Crippen LogP contribution in [0.25, 0.3) is 5.65 Å². The fourth-order valence-electron chi connectivity index (χ4n) is 3.25. The highest BCUT2D eigenvalue weighted by Gasteiger charge is 2.56. The number of aliphatic hydroxyl groups excluding tert-OH is 1. The molecule has 10 nitrogen and oxygen atoms in total. The van der Waals surface area contributed by atoms with Crippen LogP contribution in [-0.2, 0) is 14.2 Å². The first kappa shape index (κ1) is 16.0. The lowest BCUT2D eigenvalue weighted by Gasteiger charge is -2.23. The maximum absolute atomic E-state index is 9.59. The minimum absolute atomic E-state index is 0.170. The Hall–Kier alpha value is -1.50. The molecule has 2 saturated heterocycles. The number of hydrazine groups is 1. The minimum atomic E-state index is -0.751. The van der Waals surface area contributed by atoms with Crippen LogP contribution < -0.4 is 11.3 Å². The average molecular weight is 354 g/mol. The molecule has 0 bridgehead atoms. The number of hydrogen-bond donors (Lipinski definition) is 4. The summed E-state index contributed by atoms with van der Waals surface area (Å²) in [6.45, 7) is 3.49. The molecule has 130 valence electrons. The Balaban J connectivity index is 1.79. The van der Waals surface area contributed by atoms with Crippen molar-refractivity contribution >= 4 is 24.1 Å². The van der Waals surface area contributed by atoms with Crippen molar-refractivity contribution in [2.75, 3.05) is 12.0 Å². The van der Waals surface area contributed by atoms with E-state index in [0.717, 1.165) is 0 Å². The molecule has 2 aliphatic rings. The van der Waals surface area contributed by atoms with Gasteiger partial charge in [-0.25, -0.2) is 15.3 Å². The van der Waals surface area contributed by atoms with Crippen LogP contribution in [0.5, 0.6) is 0 Å². The molecule has 0 radical (unpaired) electrons. The van der Waals surface area contributed by atoms with Gasteiger partial charge in [-0.2, -0.15) is 4.98 Å². The van der Waals surface area contributed by atoms with E-state index in [4.69, 9.17) is 20.1 Å². The number of nitrogens with zero attached hydrogens (tertiary/aromatic N) is 4. The van der Waals surface area contributed by atoms with E-state index >= 15 is 0 Å². The second-order valence-electron chi connectivity index (χ2n) is 6.17. The number of fused-ring (bicyclic) bond motifs is 2. The zero-order valence-corrected chi connectivity index (χ0v) is 14.0. The number of rotatable bonds is 3. The van der Waals surface area contributed by atoms with Crippen molar-refractivity contribution in [3.05, 3.63) is 11.9 Å². The predicted octanol–water partition coefficient (Wildman–Crippen LogP) is -0.349. The van der Waals surface area contributed by atoms with E-state index in [-0.39, 0.29) is 24.0 Å². The summed E-state index contributed by atoms with van der Waals surface area (Å²) in [5.41, 5.74) is 3.56. The van der Waals surface area contributed by atoms with Gasteiger partial charge in [0.1, 0.15) is 24.4 Å². The van der Waals surface area contributed by atoms with Gasteiger partial charge in [0.15, 0.2) is 17.3 Å². The number of nitrogens with one attached hydrogen (secondary N) is 1. The monoisotopic (exact) mass is 354 g/mol. The maximum atomic E-state index is 9.59. The van der Waals surface area contributed by atoms with Crippen LogP contribution in [0, 0.1) is 0 Å². The quantitative estimate of drug-likeness (QED) is 0.332. The summed E-state index contributed by atoms with van der Waals surface area (Å²) in [7, 11) is 0. The van der Waals surface area contributed by atoms with Crippen molar-refractivity contribution in [3.8, 4) is 0 Å². The average Bonchev–Trinajstić information content (AvgIpc) is 3.16. The smallest absolute Gasteiger partial charge is 0.206 e. The van der Waals surface area contributed by atoms with E-state index in [0.29, 0.717) is 17.2 Å². The Bertz CT molecular complexity index is 783. The second kappa shape index (κ2) is 5.51. The number of hydrogen-bond acceptors (Lipinski definition) is 10. The van der Waals surface area contributed by atoms with E-state index < -0.39 is 18.0 Å². The van der Waals surface area contributed by atoms with Crippen LogP contribution in [0.1, 0.15) is 25.6 Å². The Morgan fingerprint density at radius 1 is 1.42 bits per heavy atom. The van der Waals surface area contributed by atoms with Gasteiger partial charge in [0.25, 0.3) is 0 Å². The molecule has 4 heterocycles. The van der Waals surface area contributed by atoms with Gasteiger partial charge in [0.2, 0.25) is 5.16 Å². The van der Waals surface area contributed by atoms with E-state index in [2.05, 4.69) is 33.1 Å². The van der Waals surface area contributed by atoms with Gasteiger partial charge in [-0.1, -0.05) is 0 Å². The number of nitrogens with two attached hydrogens (primary N) is 1. The molecule has 0 spiro atoms. The van der Waals surface area contributed by atoms with Crippen LogP contribution in [0.2, 0.25) is 0 Å². The second-order valence-corrected chi connectivity index (χ2v) is 6.57. The third-order valence-corrected chi connectivity index (χ3v) is 4.32. The molecule has 4 N–H and O–H groups in total. The van der Waals surface area contributed by atoms with E-state index in [1.165, 1.54) is 0 Å². The van der Waals surface area contributed by atoms with Crippen LogP contribution in [0.15, 0.2) is 11.4 Å². The van der Waals surface area contributed by atoms with Gasteiger partial charge in [0.05, 0.1) is 18.5 Å². The summed E-state index contributed by atoms with van der Waals surface area (Å²) in [6, 6.07) is 0. The zero-order valence-electron chi connectivity index (χ0n) is 13.1. The van der Waals surface area contributed by atoms with Gasteiger partial charge in [-0.05, 0) is 13.8 Å². The predicted molar refractivity (Wildman–Crippen MR) is 84.4 cm³/mol. The highest BCUT2D eigenvalue weighted by atomic mass is 32.1. The molecule has 24 heavy (non-hydrogen) atoms. The van der Waals surface area contributed by atoms with E-state index in [1.807, 2.05) is 13.8 Å². The summed E-state index contributed by atoms with van der Waals surface area (Å²) in [4.78, 5) is 8.38. The molecule has 0 unspecified atom stereocenters. The number of thiol groups is 1. The molecule has 11 heteroatoms. The number of ether oxygens (including phenoxy) is 3. The van der Waals surface area contributed by atoms with Gasteiger partial charge in [0, 0.05) is 0 Å². The molecule has 4 rings (SSSR count). The molecule has 2 aromatic heterocycles. The highest BCUT2D eigenvalue weighted by molar-refractivity contribution is 7.80. The van der Waals surface area contributed by atoms with Crippen molar-refractivity contribution in [2.45, 2.75) is 49.2 Å². The molecule has 0 saturated carbocycles. The highest BCUT2D eigenvalue weighted by Crippen LogP contribution is 2.45. The van der Waals surface area contributed by atoms with Crippen LogP contribution >= 0.6 is 12.6 Å². The van der Waals surface area contributed by atoms with E-state index in [1.54, 1.807) is 10.7 Å². The molecule has 4 atom stereocenters. The summed E-state index contributed by atoms with van der Waals surface area (Å²) in [6.07, 6.45) is -0.127. The fourth-order valence-corrected chi connectivity index (χ4v) is 3.43. The van der Waals surface area contributed by atoms with Crippen molar-refractivity contribution in [1.29, 1.82) is 0 Å². The summed E-state index contributed by atoms with van der Waals surface area (Å²) in [5.74, 6) is 5.07. The van der Waals surface area contributed by atoms with Crippen molar-refractivity contribution in [2.24, 2.45) is 5.84 Å². The van der Waals surface area contributed by atoms with Gasteiger partial charge in [-0.3, -0.25) is 0 Å². The molecule has 2 aliphatic heterocycles. The van der Waals surface area contributed by atoms with Crippen LogP contribution in [0.3, 0.4) is 0 Å². The molecule has 2 fully saturated rings. The Labute approximate surface area is 142 Å². The molecule has 2 aromatic rings. The number of anilines is 1. The van der Waals surface area contributed by atoms with Crippen LogP contribution in [0.4, 0.5) is 5.82 Å². The largest absolute Gasteiger partial charge is 0.394 e. The van der Waals surface area contributed by atoms with Crippen LogP contribution in [-0.4, -0.2) is 55.4 Å². The van der Waals surface area contributed by atoms with Crippen molar-refractivity contribution in [3.63, 3.8) is 0 Å².